The van der Waals surface area contributed by atoms with Crippen molar-refractivity contribution in [1.82, 2.24) is 4.90 Å². The minimum absolute atomic E-state index is 0.360. The van der Waals surface area contributed by atoms with Crippen LogP contribution in [0.25, 0.3) is 0 Å². The maximum absolute atomic E-state index is 4.23. The number of nitrogens with zero attached hydrogens (tertiary/aromatic N) is 2. The third kappa shape index (κ3) is 4.25. The zero-order valence-corrected chi connectivity index (χ0v) is 11.1. The quantitative estimate of drug-likeness (QED) is 0.634. The Bertz CT molecular complexity index is 225. The van der Waals surface area contributed by atoms with E-state index in [1.807, 2.05) is 0 Å². The Morgan fingerprint density at radius 1 is 1.20 bits per heavy atom. The van der Waals surface area contributed by atoms with E-state index in [0.717, 1.165) is 10.9 Å². The largest absolute Gasteiger partial charge is 0.364 e. The Morgan fingerprint density at radius 2 is 1.67 bits per heavy atom. The lowest BCUT2D eigenvalue weighted by Gasteiger charge is -2.41. The smallest absolute Gasteiger partial charge is 0.0961 e. The topological polar surface area (TPSA) is 3.24 Å². The standard InChI is InChI=1S/C13H27N2/c1-12(11-13(2,3)4)14-7-9-15(5,6)10-8-14/h1,7-11H2,2-6H3/q+1. The molecule has 88 valence electrons. The van der Waals surface area contributed by atoms with Crippen LogP contribution in [0.1, 0.15) is 27.2 Å². The average Bonchev–Trinajstić information content (AvgIpc) is 2.00. The molecule has 1 saturated heterocycles. The molecule has 0 unspecified atom stereocenters. The van der Waals surface area contributed by atoms with Crippen molar-refractivity contribution in [2.75, 3.05) is 40.3 Å². The second-order valence-corrected chi connectivity index (χ2v) is 6.67. The molecule has 15 heavy (non-hydrogen) atoms. The van der Waals surface area contributed by atoms with Crippen molar-refractivity contribution >= 4 is 0 Å². The van der Waals surface area contributed by atoms with Gasteiger partial charge in [-0.2, -0.15) is 0 Å². The highest BCUT2D eigenvalue weighted by molar-refractivity contribution is 4.98. The van der Waals surface area contributed by atoms with E-state index in [1.165, 1.54) is 31.9 Å². The maximum atomic E-state index is 4.23. The Labute approximate surface area is 95.2 Å². The molecule has 1 aliphatic heterocycles. The molecule has 0 saturated carbocycles. The van der Waals surface area contributed by atoms with Gasteiger partial charge in [-0.25, -0.2) is 0 Å². The second-order valence-electron chi connectivity index (χ2n) is 6.67. The predicted octanol–water partition coefficient (Wildman–Crippen LogP) is 2.33. The lowest BCUT2D eigenvalue weighted by molar-refractivity contribution is -0.894. The first-order valence-corrected chi connectivity index (χ1v) is 5.94. The van der Waals surface area contributed by atoms with Crippen LogP contribution in [-0.4, -0.2) is 49.7 Å². The molecule has 1 heterocycles. The number of hydrogen-bond donors (Lipinski definition) is 0. The molecule has 0 radical (unpaired) electrons. The number of rotatable bonds is 2. The second kappa shape index (κ2) is 4.17. The van der Waals surface area contributed by atoms with Gasteiger partial charge in [0.1, 0.15) is 0 Å². The summed E-state index contributed by atoms with van der Waals surface area (Å²) >= 11 is 0. The van der Waals surface area contributed by atoms with Gasteiger partial charge in [0, 0.05) is 5.70 Å². The number of allylic oxidation sites excluding steroid dienone is 1. The summed E-state index contributed by atoms with van der Waals surface area (Å²) in [7, 11) is 4.62. The fourth-order valence-electron chi connectivity index (χ4n) is 2.05. The summed E-state index contributed by atoms with van der Waals surface area (Å²) in [6.45, 7) is 15.9. The first kappa shape index (κ1) is 12.6. The van der Waals surface area contributed by atoms with E-state index in [2.05, 4.69) is 46.3 Å². The first-order chi connectivity index (χ1) is 6.70. The highest BCUT2D eigenvalue weighted by atomic mass is 15.4. The number of likely N-dealkylation sites (N-methyl/N-ethyl adjacent to an activating group) is 1. The summed E-state index contributed by atoms with van der Waals surface area (Å²) in [4.78, 5) is 2.47. The average molecular weight is 211 g/mol. The zero-order chi connectivity index (χ0) is 11.7. The van der Waals surface area contributed by atoms with Crippen molar-refractivity contribution in [2.45, 2.75) is 27.2 Å². The number of piperazine rings is 1. The number of hydrogen-bond acceptors (Lipinski definition) is 1. The van der Waals surface area contributed by atoms with E-state index in [4.69, 9.17) is 0 Å². The molecule has 0 aromatic heterocycles. The molecule has 0 bridgehead atoms. The lowest BCUT2D eigenvalue weighted by atomic mass is 9.90. The van der Waals surface area contributed by atoms with Crippen LogP contribution < -0.4 is 0 Å². The van der Waals surface area contributed by atoms with Crippen LogP contribution in [0, 0.1) is 5.41 Å². The molecule has 0 aromatic carbocycles. The third-order valence-electron chi connectivity index (χ3n) is 3.13. The minimum Gasteiger partial charge on any atom is -0.364 e. The highest BCUT2D eigenvalue weighted by Crippen LogP contribution is 2.25. The van der Waals surface area contributed by atoms with Crippen molar-refractivity contribution < 1.29 is 4.48 Å². The van der Waals surface area contributed by atoms with Crippen molar-refractivity contribution in [3.8, 4) is 0 Å². The summed E-state index contributed by atoms with van der Waals surface area (Å²) < 4.78 is 1.15. The molecule has 0 atom stereocenters. The molecule has 2 heteroatoms. The first-order valence-electron chi connectivity index (χ1n) is 5.94. The van der Waals surface area contributed by atoms with Gasteiger partial charge in [0.25, 0.3) is 0 Å². The summed E-state index contributed by atoms with van der Waals surface area (Å²) in [6.07, 6.45) is 1.11. The monoisotopic (exact) mass is 211 g/mol. The van der Waals surface area contributed by atoms with Gasteiger partial charge in [0.05, 0.1) is 40.3 Å². The van der Waals surface area contributed by atoms with E-state index in [9.17, 15) is 0 Å². The molecule has 2 nitrogen and oxygen atoms in total. The van der Waals surface area contributed by atoms with Gasteiger partial charge in [-0.1, -0.05) is 27.4 Å². The fraction of sp³-hybridized carbons (Fsp3) is 0.846. The van der Waals surface area contributed by atoms with Crippen molar-refractivity contribution in [3.05, 3.63) is 12.3 Å². The highest BCUT2D eigenvalue weighted by Gasteiger charge is 2.26. The van der Waals surface area contributed by atoms with Gasteiger partial charge in [-0.3, -0.25) is 0 Å². The van der Waals surface area contributed by atoms with E-state index in [-0.39, 0.29) is 0 Å². The molecular weight excluding hydrogens is 184 g/mol. The van der Waals surface area contributed by atoms with E-state index in [1.54, 1.807) is 0 Å². The minimum atomic E-state index is 0.360. The fourth-order valence-corrected chi connectivity index (χ4v) is 2.05. The van der Waals surface area contributed by atoms with Crippen LogP contribution in [0.15, 0.2) is 12.3 Å². The van der Waals surface area contributed by atoms with Crippen LogP contribution in [0.5, 0.6) is 0 Å². The Hall–Kier alpha value is -0.500. The van der Waals surface area contributed by atoms with Crippen molar-refractivity contribution in [1.29, 1.82) is 0 Å². The molecule has 1 fully saturated rings. The van der Waals surface area contributed by atoms with Gasteiger partial charge < -0.3 is 9.38 Å². The Morgan fingerprint density at radius 3 is 2.07 bits per heavy atom. The van der Waals surface area contributed by atoms with Crippen molar-refractivity contribution in [2.24, 2.45) is 5.41 Å². The Balaban J connectivity index is 2.44. The molecule has 1 rings (SSSR count). The van der Waals surface area contributed by atoms with Crippen LogP contribution in [0.2, 0.25) is 0 Å². The van der Waals surface area contributed by atoms with E-state index in [0.29, 0.717) is 5.41 Å². The molecule has 1 aliphatic rings. The van der Waals surface area contributed by atoms with Gasteiger partial charge in [0.15, 0.2) is 0 Å². The number of quaternary nitrogens is 1. The summed E-state index contributed by atoms with van der Waals surface area (Å²) in [5.74, 6) is 0. The third-order valence-corrected chi connectivity index (χ3v) is 3.13. The normalized spacial score (nSPS) is 21.5. The SMILES string of the molecule is C=C(CC(C)(C)C)N1CC[N+](C)(C)CC1. The molecule has 0 amide bonds. The molecule has 0 aromatic rings. The summed E-state index contributed by atoms with van der Waals surface area (Å²) in [5.41, 5.74) is 1.68. The van der Waals surface area contributed by atoms with Gasteiger partial charge in [-0.05, 0) is 11.8 Å². The van der Waals surface area contributed by atoms with E-state index < -0.39 is 0 Å². The van der Waals surface area contributed by atoms with Gasteiger partial charge in [0.2, 0.25) is 0 Å². The van der Waals surface area contributed by atoms with Crippen LogP contribution >= 0.6 is 0 Å². The van der Waals surface area contributed by atoms with Crippen LogP contribution in [0.3, 0.4) is 0 Å². The zero-order valence-electron chi connectivity index (χ0n) is 11.1. The Kier molecular flexibility index (Phi) is 3.49. The van der Waals surface area contributed by atoms with Gasteiger partial charge in [-0.15, -0.1) is 0 Å². The van der Waals surface area contributed by atoms with Crippen molar-refractivity contribution in [3.63, 3.8) is 0 Å². The summed E-state index contributed by atoms with van der Waals surface area (Å²) in [6, 6.07) is 0. The molecule has 0 N–H and O–H groups in total. The van der Waals surface area contributed by atoms with Crippen LogP contribution in [-0.2, 0) is 0 Å². The maximum Gasteiger partial charge on any atom is 0.0961 e. The summed E-state index contributed by atoms with van der Waals surface area (Å²) in [5, 5.41) is 0. The molecule has 0 aliphatic carbocycles. The predicted molar refractivity (Wildman–Crippen MR) is 66.6 cm³/mol. The van der Waals surface area contributed by atoms with Gasteiger partial charge >= 0.3 is 0 Å². The van der Waals surface area contributed by atoms with E-state index >= 15 is 0 Å². The van der Waals surface area contributed by atoms with Crippen LogP contribution in [0.4, 0.5) is 0 Å². The molecule has 0 spiro atoms. The lowest BCUT2D eigenvalue weighted by Crippen LogP contribution is -2.54. The molecular formula is C13H27N2+.